The van der Waals surface area contributed by atoms with Gasteiger partial charge in [-0.2, -0.15) is 5.26 Å². The molecule has 0 bridgehead atoms. The van der Waals surface area contributed by atoms with E-state index in [2.05, 4.69) is 10.3 Å². The zero-order chi connectivity index (χ0) is 10.8. The minimum Gasteiger partial charge on any atom is -0.367 e. The van der Waals surface area contributed by atoms with Crippen molar-refractivity contribution < 1.29 is 4.92 Å². The van der Waals surface area contributed by atoms with Gasteiger partial charge in [-0.15, -0.1) is 0 Å². The lowest BCUT2D eigenvalue weighted by Gasteiger charge is -2.02. The Balaban J connectivity index is 2.29. The zero-order valence-electron chi connectivity index (χ0n) is 7.80. The topological polar surface area (TPSA) is 91.8 Å². The molecule has 0 atom stereocenters. The SMILES string of the molecule is N#Cc1nc(NC2CC2)ccc1[N+](=O)[O-]. The number of nitriles is 1. The second-order valence-corrected chi connectivity index (χ2v) is 3.35. The Morgan fingerprint density at radius 1 is 1.60 bits per heavy atom. The molecular formula is C9H8N4O2. The lowest BCUT2D eigenvalue weighted by atomic mass is 10.3. The minimum atomic E-state index is -0.605. The summed E-state index contributed by atoms with van der Waals surface area (Å²) in [4.78, 5) is 13.8. The molecule has 1 saturated carbocycles. The van der Waals surface area contributed by atoms with Gasteiger partial charge in [0, 0.05) is 12.1 Å². The van der Waals surface area contributed by atoms with E-state index in [-0.39, 0.29) is 11.4 Å². The van der Waals surface area contributed by atoms with Gasteiger partial charge in [-0.05, 0) is 18.9 Å². The van der Waals surface area contributed by atoms with Gasteiger partial charge in [0.2, 0.25) is 5.69 Å². The molecule has 0 radical (unpaired) electrons. The van der Waals surface area contributed by atoms with Crippen LogP contribution in [-0.2, 0) is 0 Å². The molecule has 1 heterocycles. The first-order valence-electron chi connectivity index (χ1n) is 4.53. The van der Waals surface area contributed by atoms with E-state index in [0.29, 0.717) is 11.9 Å². The third-order valence-electron chi connectivity index (χ3n) is 2.11. The van der Waals surface area contributed by atoms with Gasteiger partial charge < -0.3 is 5.32 Å². The number of hydrogen-bond acceptors (Lipinski definition) is 5. The molecule has 0 amide bonds. The van der Waals surface area contributed by atoms with Crippen LogP contribution in [-0.4, -0.2) is 15.9 Å². The van der Waals surface area contributed by atoms with Crippen LogP contribution in [0, 0.1) is 21.4 Å². The number of anilines is 1. The predicted molar refractivity (Wildman–Crippen MR) is 52.3 cm³/mol. The van der Waals surface area contributed by atoms with Gasteiger partial charge >= 0.3 is 5.69 Å². The van der Waals surface area contributed by atoms with Crippen molar-refractivity contribution in [2.45, 2.75) is 18.9 Å². The normalized spacial score (nSPS) is 14.3. The summed E-state index contributed by atoms with van der Waals surface area (Å²) >= 11 is 0. The molecule has 1 aliphatic rings. The largest absolute Gasteiger partial charge is 0.367 e. The quantitative estimate of drug-likeness (QED) is 0.594. The van der Waals surface area contributed by atoms with Gasteiger partial charge in [0.1, 0.15) is 11.9 Å². The van der Waals surface area contributed by atoms with Gasteiger partial charge in [0.05, 0.1) is 4.92 Å². The van der Waals surface area contributed by atoms with Crippen molar-refractivity contribution in [2.75, 3.05) is 5.32 Å². The van der Waals surface area contributed by atoms with E-state index < -0.39 is 4.92 Å². The van der Waals surface area contributed by atoms with Crippen molar-refractivity contribution in [3.05, 3.63) is 27.9 Å². The average Bonchev–Trinajstić information content (AvgIpc) is 3.01. The molecular weight excluding hydrogens is 196 g/mol. The van der Waals surface area contributed by atoms with Crippen LogP contribution in [0.25, 0.3) is 0 Å². The molecule has 15 heavy (non-hydrogen) atoms. The van der Waals surface area contributed by atoms with E-state index >= 15 is 0 Å². The Bertz CT molecular complexity index is 448. The van der Waals surface area contributed by atoms with Crippen LogP contribution in [0.15, 0.2) is 12.1 Å². The standard InChI is InChI=1S/C9H8N4O2/c10-5-7-8(13(14)15)3-4-9(12-7)11-6-1-2-6/h3-4,6H,1-2H2,(H,11,12). The fourth-order valence-electron chi connectivity index (χ4n) is 1.20. The smallest absolute Gasteiger partial charge is 0.305 e. The summed E-state index contributed by atoms with van der Waals surface area (Å²) in [5, 5.41) is 22.3. The van der Waals surface area contributed by atoms with E-state index in [1.54, 1.807) is 6.07 Å². The molecule has 1 aromatic rings. The maximum Gasteiger partial charge on any atom is 0.305 e. The van der Waals surface area contributed by atoms with Crippen molar-refractivity contribution in [1.82, 2.24) is 4.98 Å². The van der Waals surface area contributed by atoms with Crippen LogP contribution in [0.3, 0.4) is 0 Å². The average molecular weight is 204 g/mol. The summed E-state index contributed by atoms with van der Waals surface area (Å²) in [5.74, 6) is 0.527. The van der Waals surface area contributed by atoms with E-state index in [1.165, 1.54) is 12.1 Å². The van der Waals surface area contributed by atoms with Crippen LogP contribution in [0.1, 0.15) is 18.5 Å². The van der Waals surface area contributed by atoms with Crippen LogP contribution < -0.4 is 5.32 Å². The molecule has 0 saturated heterocycles. The van der Waals surface area contributed by atoms with Crippen LogP contribution in [0.5, 0.6) is 0 Å². The highest BCUT2D eigenvalue weighted by molar-refractivity contribution is 5.51. The van der Waals surface area contributed by atoms with Crippen LogP contribution in [0.4, 0.5) is 11.5 Å². The summed E-state index contributed by atoms with van der Waals surface area (Å²) in [5.41, 5.74) is -0.399. The third-order valence-corrected chi connectivity index (χ3v) is 2.11. The van der Waals surface area contributed by atoms with E-state index in [4.69, 9.17) is 5.26 Å². The highest BCUT2D eigenvalue weighted by Crippen LogP contribution is 2.25. The maximum atomic E-state index is 10.5. The molecule has 1 fully saturated rings. The molecule has 1 aromatic heterocycles. The Labute approximate surface area is 85.7 Å². The summed E-state index contributed by atoms with van der Waals surface area (Å²) < 4.78 is 0. The predicted octanol–water partition coefficient (Wildman–Crippen LogP) is 1.44. The Hall–Kier alpha value is -2.16. The monoisotopic (exact) mass is 204 g/mol. The maximum absolute atomic E-state index is 10.5. The Morgan fingerprint density at radius 2 is 2.33 bits per heavy atom. The molecule has 0 aromatic carbocycles. The number of nitro groups is 1. The fraction of sp³-hybridized carbons (Fsp3) is 0.333. The summed E-state index contributed by atoms with van der Waals surface area (Å²) in [7, 11) is 0. The number of nitrogens with zero attached hydrogens (tertiary/aromatic N) is 3. The first-order valence-corrected chi connectivity index (χ1v) is 4.53. The van der Waals surface area contributed by atoms with E-state index in [1.807, 2.05) is 0 Å². The lowest BCUT2D eigenvalue weighted by molar-refractivity contribution is -0.385. The second-order valence-electron chi connectivity index (χ2n) is 3.35. The van der Waals surface area contributed by atoms with Crippen molar-refractivity contribution in [3.8, 4) is 6.07 Å². The molecule has 6 heteroatoms. The summed E-state index contributed by atoms with van der Waals surface area (Å²) in [6.07, 6.45) is 2.17. The lowest BCUT2D eigenvalue weighted by Crippen LogP contribution is -2.05. The van der Waals surface area contributed by atoms with Crippen LogP contribution >= 0.6 is 0 Å². The van der Waals surface area contributed by atoms with Crippen molar-refractivity contribution in [3.63, 3.8) is 0 Å². The first kappa shape index (κ1) is 9.40. The zero-order valence-corrected chi connectivity index (χ0v) is 7.80. The number of nitrogens with one attached hydrogen (secondary N) is 1. The molecule has 76 valence electrons. The van der Waals surface area contributed by atoms with Gasteiger partial charge in [-0.3, -0.25) is 10.1 Å². The molecule has 1 N–H and O–H groups in total. The van der Waals surface area contributed by atoms with Gasteiger partial charge in [0.25, 0.3) is 0 Å². The Morgan fingerprint density at radius 3 is 2.87 bits per heavy atom. The molecule has 0 aliphatic heterocycles. The highest BCUT2D eigenvalue weighted by atomic mass is 16.6. The van der Waals surface area contributed by atoms with E-state index in [0.717, 1.165) is 12.8 Å². The van der Waals surface area contributed by atoms with Crippen molar-refractivity contribution in [2.24, 2.45) is 0 Å². The van der Waals surface area contributed by atoms with E-state index in [9.17, 15) is 10.1 Å². The molecule has 2 rings (SSSR count). The molecule has 1 aliphatic carbocycles. The van der Waals surface area contributed by atoms with Gasteiger partial charge in [-0.25, -0.2) is 4.98 Å². The number of rotatable bonds is 3. The van der Waals surface area contributed by atoms with Crippen molar-refractivity contribution in [1.29, 1.82) is 5.26 Å². The fourth-order valence-corrected chi connectivity index (χ4v) is 1.20. The molecule has 0 unspecified atom stereocenters. The molecule has 6 nitrogen and oxygen atoms in total. The van der Waals surface area contributed by atoms with Crippen LogP contribution in [0.2, 0.25) is 0 Å². The molecule has 0 spiro atoms. The number of pyridine rings is 1. The third kappa shape index (κ3) is 2.02. The van der Waals surface area contributed by atoms with Gasteiger partial charge in [-0.1, -0.05) is 0 Å². The highest BCUT2D eigenvalue weighted by Gasteiger charge is 2.22. The summed E-state index contributed by atoms with van der Waals surface area (Å²) in [6.45, 7) is 0. The van der Waals surface area contributed by atoms with Crippen molar-refractivity contribution >= 4 is 11.5 Å². The number of hydrogen-bond donors (Lipinski definition) is 1. The number of aromatic nitrogens is 1. The first-order chi connectivity index (χ1) is 7.20. The second kappa shape index (κ2) is 3.53. The summed E-state index contributed by atoms with van der Waals surface area (Å²) in [6, 6.07) is 4.95. The Kier molecular flexibility index (Phi) is 2.21. The van der Waals surface area contributed by atoms with Gasteiger partial charge in [0.15, 0.2) is 0 Å². The minimum absolute atomic E-state index is 0.148.